The van der Waals surface area contributed by atoms with Crippen LogP contribution in [0.4, 0.5) is 0 Å². The maximum absolute atomic E-state index is 4.99. The van der Waals surface area contributed by atoms with E-state index in [4.69, 9.17) is 4.98 Å². The molecule has 6 rings (SSSR count). The maximum atomic E-state index is 4.99. The van der Waals surface area contributed by atoms with E-state index in [2.05, 4.69) is 46.5 Å². The van der Waals surface area contributed by atoms with Crippen LogP contribution < -0.4 is 0 Å². The number of aromatic nitrogens is 4. The van der Waals surface area contributed by atoms with E-state index in [9.17, 15) is 0 Å². The first-order valence-electron chi connectivity index (χ1n) is 9.95. The van der Waals surface area contributed by atoms with Gasteiger partial charge in [-0.15, -0.1) is 0 Å². The van der Waals surface area contributed by atoms with Crippen LogP contribution in [0.15, 0.2) is 67.3 Å². The number of hydrogen-bond donors (Lipinski definition) is 0. The molecular weight excluding hydrogens is 344 g/mol. The van der Waals surface area contributed by atoms with Gasteiger partial charge in [-0.25, -0.2) is 4.52 Å². The van der Waals surface area contributed by atoms with E-state index in [1.807, 2.05) is 29.2 Å². The summed E-state index contributed by atoms with van der Waals surface area (Å²) < 4.78 is 1.93. The van der Waals surface area contributed by atoms with Crippen molar-refractivity contribution in [3.63, 3.8) is 0 Å². The molecule has 1 saturated carbocycles. The Balaban J connectivity index is 0.00000181. The van der Waals surface area contributed by atoms with Crippen LogP contribution >= 0.6 is 0 Å². The van der Waals surface area contributed by atoms with E-state index in [1.54, 1.807) is 6.20 Å². The molecule has 0 bridgehead atoms. The third-order valence-corrected chi connectivity index (χ3v) is 6.11. The van der Waals surface area contributed by atoms with Crippen molar-refractivity contribution >= 4 is 11.1 Å². The molecule has 4 aromatic heterocycles. The lowest BCUT2D eigenvalue weighted by Gasteiger charge is -2.25. The van der Waals surface area contributed by atoms with Gasteiger partial charge in [-0.2, -0.15) is 5.10 Å². The van der Waals surface area contributed by atoms with Crippen molar-refractivity contribution in [2.24, 2.45) is 0 Å². The predicted octanol–water partition coefficient (Wildman–Crippen LogP) is 5.29. The number of nitrogens with zero attached hydrogens (tertiary/aromatic N) is 4. The minimum Gasteiger partial charge on any atom is -0.264 e. The first kappa shape index (κ1) is 15.8. The Labute approximate surface area is 165 Å². The lowest BCUT2D eigenvalue weighted by Crippen LogP contribution is -2.11. The highest BCUT2D eigenvalue weighted by molar-refractivity contribution is 5.88. The highest BCUT2D eigenvalue weighted by Gasteiger charge is 2.24. The van der Waals surface area contributed by atoms with Gasteiger partial charge in [0.2, 0.25) is 0 Å². The van der Waals surface area contributed by atoms with Gasteiger partial charge in [-0.3, -0.25) is 9.97 Å². The van der Waals surface area contributed by atoms with Crippen LogP contribution in [0.2, 0.25) is 0 Å². The van der Waals surface area contributed by atoms with Gasteiger partial charge in [-0.05, 0) is 48.2 Å². The van der Waals surface area contributed by atoms with Crippen LogP contribution in [0.25, 0.3) is 22.2 Å². The average molecular weight is 366 g/mol. The van der Waals surface area contributed by atoms with Crippen LogP contribution in [0, 0.1) is 0 Å². The molecule has 28 heavy (non-hydrogen) atoms. The molecule has 4 heterocycles. The normalized spacial score (nSPS) is 16.1. The Morgan fingerprint density at radius 3 is 2.79 bits per heavy atom. The molecule has 0 saturated heterocycles. The molecule has 4 nitrogen and oxygen atoms in total. The molecule has 138 valence electrons. The molecule has 0 amide bonds. The van der Waals surface area contributed by atoms with Gasteiger partial charge >= 0.3 is 0 Å². The largest absolute Gasteiger partial charge is 0.264 e. The summed E-state index contributed by atoms with van der Waals surface area (Å²) in [6.45, 7) is 0. The SMILES string of the molecule is C1=C(c2ccn3ncc(-c4cccnc4)c3c2)c2ccc(C3CCC3)nc2C1.[HH]. The molecule has 0 unspecified atom stereocenters. The predicted molar refractivity (Wildman–Crippen MR) is 112 cm³/mol. The summed E-state index contributed by atoms with van der Waals surface area (Å²) in [5.74, 6) is 0.680. The van der Waals surface area contributed by atoms with Crippen LogP contribution in [-0.4, -0.2) is 19.6 Å². The van der Waals surface area contributed by atoms with Crippen molar-refractivity contribution in [1.82, 2.24) is 19.6 Å². The van der Waals surface area contributed by atoms with Crippen molar-refractivity contribution in [3.8, 4) is 11.1 Å². The second-order valence-electron chi connectivity index (χ2n) is 7.73. The molecule has 0 aromatic carbocycles. The lowest BCUT2D eigenvalue weighted by atomic mass is 9.82. The zero-order valence-corrected chi connectivity index (χ0v) is 15.5. The fraction of sp³-hybridized carbons (Fsp3) is 0.208. The molecular formula is C24H22N4. The Morgan fingerprint density at radius 1 is 1.00 bits per heavy atom. The van der Waals surface area contributed by atoms with Gasteiger partial charge in [0, 0.05) is 54.7 Å². The summed E-state index contributed by atoms with van der Waals surface area (Å²) >= 11 is 0. The van der Waals surface area contributed by atoms with Crippen molar-refractivity contribution < 1.29 is 1.43 Å². The third kappa shape index (κ3) is 2.41. The Kier molecular flexibility index (Phi) is 3.45. The summed E-state index contributed by atoms with van der Waals surface area (Å²) in [7, 11) is 0. The quantitative estimate of drug-likeness (QED) is 0.495. The second kappa shape index (κ2) is 6.13. The van der Waals surface area contributed by atoms with Crippen molar-refractivity contribution in [3.05, 3.63) is 89.8 Å². The minimum atomic E-state index is 0. The van der Waals surface area contributed by atoms with E-state index in [-0.39, 0.29) is 1.43 Å². The number of fused-ring (bicyclic) bond motifs is 2. The summed E-state index contributed by atoms with van der Waals surface area (Å²) in [6, 6.07) is 12.9. The highest BCUT2D eigenvalue weighted by atomic mass is 15.2. The Morgan fingerprint density at radius 2 is 1.96 bits per heavy atom. The lowest BCUT2D eigenvalue weighted by molar-refractivity contribution is 0.410. The standard InChI is InChI=1S/C24H20N4.H2/c1-3-16(4-1)22-8-7-20-19(6-9-23(20)27-22)17-10-12-28-24(13-17)21(15-26-28)18-5-2-11-25-14-18;/h2,5-8,10-16H,1,3-4,9H2;1H. The summed E-state index contributed by atoms with van der Waals surface area (Å²) in [4.78, 5) is 9.25. The highest BCUT2D eigenvalue weighted by Crippen LogP contribution is 2.38. The molecule has 0 radical (unpaired) electrons. The van der Waals surface area contributed by atoms with Gasteiger partial charge < -0.3 is 0 Å². The fourth-order valence-electron chi connectivity index (χ4n) is 4.33. The van der Waals surface area contributed by atoms with Gasteiger partial charge in [0.25, 0.3) is 0 Å². The molecule has 4 aromatic rings. The van der Waals surface area contributed by atoms with E-state index in [0.29, 0.717) is 5.92 Å². The van der Waals surface area contributed by atoms with Gasteiger partial charge in [0.05, 0.1) is 17.4 Å². The fourth-order valence-corrected chi connectivity index (χ4v) is 4.33. The monoisotopic (exact) mass is 366 g/mol. The van der Waals surface area contributed by atoms with Crippen molar-refractivity contribution in [1.29, 1.82) is 0 Å². The van der Waals surface area contributed by atoms with Crippen molar-refractivity contribution in [2.75, 3.05) is 0 Å². The number of allylic oxidation sites excluding steroid dienone is 1. The molecule has 2 aliphatic carbocycles. The number of hydrogen-bond acceptors (Lipinski definition) is 3. The molecule has 1 fully saturated rings. The number of pyridine rings is 3. The molecule has 0 N–H and O–H groups in total. The molecule has 0 spiro atoms. The Hall–Kier alpha value is -3.27. The van der Waals surface area contributed by atoms with E-state index >= 15 is 0 Å². The van der Waals surface area contributed by atoms with E-state index in [1.165, 1.54) is 47.4 Å². The summed E-state index contributed by atoms with van der Waals surface area (Å²) in [5.41, 5.74) is 9.56. The second-order valence-corrected chi connectivity index (χ2v) is 7.73. The van der Waals surface area contributed by atoms with Gasteiger partial charge in [0.15, 0.2) is 0 Å². The maximum Gasteiger partial charge on any atom is 0.0746 e. The molecule has 2 aliphatic rings. The zero-order chi connectivity index (χ0) is 18.5. The summed E-state index contributed by atoms with van der Waals surface area (Å²) in [5, 5.41) is 4.51. The van der Waals surface area contributed by atoms with Crippen LogP contribution in [-0.2, 0) is 6.42 Å². The average Bonchev–Trinajstić information content (AvgIpc) is 3.30. The van der Waals surface area contributed by atoms with Gasteiger partial charge in [-0.1, -0.05) is 24.6 Å². The zero-order valence-electron chi connectivity index (χ0n) is 15.5. The van der Waals surface area contributed by atoms with Crippen LogP contribution in [0.3, 0.4) is 0 Å². The van der Waals surface area contributed by atoms with Crippen LogP contribution in [0.1, 0.15) is 49.1 Å². The smallest absolute Gasteiger partial charge is 0.0746 e. The third-order valence-electron chi connectivity index (χ3n) is 6.11. The van der Waals surface area contributed by atoms with E-state index in [0.717, 1.165) is 23.1 Å². The number of rotatable bonds is 3. The molecule has 0 atom stereocenters. The molecule has 0 aliphatic heterocycles. The van der Waals surface area contributed by atoms with Crippen LogP contribution in [0.5, 0.6) is 0 Å². The van der Waals surface area contributed by atoms with Crippen molar-refractivity contribution in [2.45, 2.75) is 31.6 Å². The first-order valence-corrected chi connectivity index (χ1v) is 9.95. The minimum absolute atomic E-state index is 0. The van der Waals surface area contributed by atoms with E-state index < -0.39 is 0 Å². The topological polar surface area (TPSA) is 43.1 Å². The summed E-state index contributed by atoms with van der Waals surface area (Å²) in [6.07, 6.45) is 14.8. The Bertz CT molecular complexity index is 1220. The first-order chi connectivity index (χ1) is 13.9. The van der Waals surface area contributed by atoms with Gasteiger partial charge in [0.1, 0.15) is 0 Å². The molecule has 4 heteroatoms.